The van der Waals surface area contributed by atoms with E-state index in [0.29, 0.717) is 17.0 Å². The van der Waals surface area contributed by atoms with Crippen molar-refractivity contribution in [3.05, 3.63) is 34.6 Å². The van der Waals surface area contributed by atoms with Crippen LogP contribution in [0.15, 0.2) is 18.2 Å². The quantitative estimate of drug-likeness (QED) is 0.897. The van der Waals surface area contributed by atoms with Gasteiger partial charge >= 0.3 is 0 Å². The van der Waals surface area contributed by atoms with Gasteiger partial charge in [0.05, 0.1) is 6.10 Å². The fourth-order valence-corrected chi connectivity index (χ4v) is 2.63. The minimum Gasteiger partial charge on any atom is -0.393 e. The highest BCUT2D eigenvalue weighted by molar-refractivity contribution is 6.31. The molecule has 2 rings (SSSR count). The van der Waals surface area contributed by atoms with Crippen LogP contribution in [0.3, 0.4) is 0 Å². The molecule has 104 valence electrons. The van der Waals surface area contributed by atoms with Gasteiger partial charge in [-0.3, -0.25) is 4.79 Å². The minimum atomic E-state index is -0.393. The normalized spacial score (nSPS) is 23.1. The van der Waals surface area contributed by atoms with E-state index in [1.165, 1.54) is 12.1 Å². The molecule has 3 nitrogen and oxygen atoms in total. The largest absolute Gasteiger partial charge is 0.393 e. The van der Waals surface area contributed by atoms with E-state index in [9.17, 15) is 14.3 Å². The van der Waals surface area contributed by atoms with E-state index in [1.807, 2.05) is 0 Å². The van der Waals surface area contributed by atoms with Crippen LogP contribution < -0.4 is 5.32 Å². The molecule has 0 bridgehead atoms. The van der Waals surface area contributed by atoms with E-state index in [-0.39, 0.29) is 24.5 Å². The Hall–Kier alpha value is -1.13. The second-order valence-electron chi connectivity index (χ2n) is 4.97. The van der Waals surface area contributed by atoms with Crippen molar-refractivity contribution in [3.63, 3.8) is 0 Å². The summed E-state index contributed by atoms with van der Waals surface area (Å²) in [4.78, 5) is 12.0. The van der Waals surface area contributed by atoms with Crippen LogP contribution in [0.5, 0.6) is 0 Å². The fraction of sp³-hybridized carbons (Fsp3) is 0.500. The molecule has 2 atom stereocenters. The summed E-state index contributed by atoms with van der Waals surface area (Å²) in [5.74, 6) is -0.599. The first-order valence-electron chi connectivity index (χ1n) is 6.46. The number of carbonyl (C=O) groups excluding carboxylic acids is 1. The number of amides is 1. The van der Waals surface area contributed by atoms with Crippen LogP contribution >= 0.6 is 11.6 Å². The monoisotopic (exact) mass is 285 g/mol. The van der Waals surface area contributed by atoms with Gasteiger partial charge in [0.25, 0.3) is 0 Å². The van der Waals surface area contributed by atoms with Crippen LogP contribution in [0.2, 0.25) is 5.02 Å². The van der Waals surface area contributed by atoms with Crippen LogP contribution in [-0.2, 0) is 11.3 Å². The first kappa shape index (κ1) is 14.3. The van der Waals surface area contributed by atoms with Gasteiger partial charge in [-0.05, 0) is 37.0 Å². The fourth-order valence-electron chi connectivity index (χ4n) is 2.39. The lowest BCUT2D eigenvalue weighted by molar-refractivity contribution is -0.127. The van der Waals surface area contributed by atoms with Crippen molar-refractivity contribution in [2.45, 2.75) is 38.3 Å². The van der Waals surface area contributed by atoms with Gasteiger partial charge < -0.3 is 10.4 Å². The van der Waals surface area contributed by atoms with Crippen molar-refractivity contribution in [2.75, 3.05) is 0 Å². The van der Waals surface area contributed by atoms with Gasteiger partial charge in [0.1, 0.15) is 5.82 Å². The molecule has 19 heavy (non-hydrogen) atoms. The van der Waals surface area contributed by atoms with Crippen LogP contribution in [-0.4, -0.2) is 17.1 Å². The molecule has 0 spiro atoms. The van der Waals surface area contributed by atoms with Crippen molar-refractivity contribution >= 4 is 17.5 Å². The maximum atomic E-state index is 12.9. The summed E-state index contributed by atoms with van der Waals surface area (Å²) in [6.07, 6.45) is 2.59. The molecule has 1 aliphatic rings. The lowest BCUT2D eigenvalue weighted by Gasteiger charge is -2.25. The Morgan fingerprint density at radius 3 is 2.95 bits per heavy atom. The summed E-state index contributed by atoms with van der Waals surface area (Å²) >= 11 is 5.89. The molecular formula is C14H17ClFNO2. The number of hydrogen-bond acceptors (Lipinski definition) is 2. The lowest BCUT2D eigenvalue weighted by Crippen LogP contribution is -2.34. The number of hydrogen-bond donors (Lipinski definition) is 2. The average molecular weight is 286 g/mol. The molecular weight excluding hydrogens is 269 g/mol. The topological polar surface area (TPSA) is 49.3 Å². The van der Waals surface area contributed by atoms with Crippen molar-refractivity contribution in [2.24, 2.45) is 5.92 Å². The lowest BCUT2D eigenvalue weighted by atomic mass is 9.86. The van der Waals surface area contributed by atoms with Crippen LogP contribution in [0.25, 0.3) is 0 Å². The number of nitrogens with one attached hydrogen (secondary N) is 1. The van der Waals surface area contributed by atoms with E-state index in [0.717, 1.165) is 19.3 Å². The Morgan fingerprint density at radius 1 is 1.47 bits per heavy atom. The summed E-state index contributed by atoms with van der Waals surface area (Å²) in [6.45, 7) is 0.282. The van der Waals surface area contributed by atoms with E-state index in [1.54, 1.807) is 6.07 Å². The first-order valence-corrected chi connectivity index (χ1v) is 6.84. The SMILES string of the molecule is O=C(NCc1ccc(F)cc1Cl)[C@@H]1CCC[C@H](O)C1. The highest BCUT2D eigenvalue weighted by atomic mass is 35.5. The van der Waals surface area contributed by atoms with Gasteiger partial charge in [-0.2, -0.15) is 0 Å². The Balaban J connectivity index is 1.89. The van der Waals surface area contributed by atoms with Crippen molar-refractivity contribution < 1.29 is 14.3 Å². The number of aliphatic hydroxyl groups excluding tert-OH is 1. The van der Waals surface area contributed by atoms with Gasteiger partial charge in [-0.25, -0.2) is 4.39 Å². The molecule has 1 aliphatic carbocycles. The molecule has 0 saturated heterocycles. The van der Waals surface area contributed by atoms with Crippen LogP contribution in [0.4, 0.5) is 4.39 Å². The van der Waals surface area contributed by atoms with Crippen molar-refractivity contribution in [1.82, 2.24) is 5.32 Å². The summed E-state index contributed by atoms with van der Waals surface area (Å²) in [5.41, 5.74) is 0.688. The molecule has 0 heterocycles. The Kier molecular flexibility index (Phi) is 4.77. The average Bonchev–Trinajstić information content (AvgIpc) is 2.37. The first-order chi connectivity index (χ1) is 9.06. The molecule has 0 radical (unpaired) electrons. The van der Waals surface area contributed by atoms with Crippen LogP contribution in [0.1, 0.15) is 31.2 Å². The third-order valence-electron chi connectivity index (χ3n) is 3.49. The Morgan fingerprint density at radius 2 is 2.26 bits per heavy atom. The highest BCUT2D eigenvalue weighted by Gasteiger charge is 2.25. The van der Waals surface area contributed by atoms with Gasteiger partial charge in [0, 0.05) is 17.5 Å². The molecule has 1 aromatic carbocycles. The number of carbonyl (C=O) groups is 1. The zero-order chi connectivity index (χ0) is 13.8. The second kappa shape index (κ2) is 6.35. The van der Waals surface area contributed by atoms with E-state index >= 15 is 0 Å². The number of aliphatic hydroxyl groups is 1. The number of halogens is 2. The molecule has 1 saturated carbocycles. The van der Waals surface area contributed by atoms with Gasteiger partial charge in [-0.15, -0.1) is 0 Å². The molecule has 1 aromatic rings. The summed E-state index contributed by atoms with van der Waals surface area (Å²) in [7, 11) is 0. The van der Waals surface area contributed by atoms with E-state index < -0.39 is 5.82 Å². The molecule has 1 fully saturated rings. The molecule has 5 heteroatoms. The van der Waals surface area contributed by atoms with Gasteiger partial charge in [-0.1, -0.05) is 24.1 Å². The highest BCUT2D eigenvalue weighted by Crippen LogP contribution is 2.24. The zero-order valence-electron chi connectivity index (χ0n) is 10.5. The molecule has 0 unspecified atom stereocenters. The smallest absolute Gasteiger partial charge is 0.223 e. The minimum absolute atomic E-state index is 0.0702. The molecule has 0 aromatic heterocycles. The van der Waals surface area contributed by atoms with Crippen molar-refractivity contribution in [3.8, 4) is 0 Å². The van der Waals surface area contributed by atoms with Crippen LogP contribution in [0, 0.1) is 11.7 Å². The van der Waals surface area contributed by atoms with E-state index in [2.05, 4.69) is 5.32 Å². The standard InChI is InChI=1S/C14H17ClFNO2/c15-13-7-11(16)5-4-10(13)8-17-14(19)9-2-1-3-12(18)6-9/h4-5,7,9,12,18H,1-3,6,8H2,(H,17,19)/t9-,12+/m1/s1. The third-order valence-corrected chi connectivity index (χ3v) is 3.84. The zero-order valence-corrected chi connectivity index (χ0v) is 11.3. The summed E-state index contributed by atoms with van der Waals surface area (Å²) in [5, 5.41) is 12.6. The Labute approximate surface area is 116 Å². The predicted octanol–water partition coefficient (Wildman–Crippen LogP) is 2.65. The van der Waals surface area contributed by atoms with E-state index in [4.69, 9.17) is 11.6 Å². The van der Waals surface area contributed by atoms with Gasteiger partial charge in [0.15, 0.2) is 0 Å². The third kappa shape index (κ3) is 3.91. The Bertz CT molecular complexity index is 467. The maximum Gasteiger partial charge on any atom is 0.223 e. The van der Waals surface area contributed by atoms with Crippen molar-refractivity contribution in [1.29, 1.82) is 0 Å². The second-order valence-corrected chi connectivity index (χ2v) is 5.38. The predicted molar refractivity (Wildman–Crippen MR) is 71.2 cm³/mol. The molecule has 0 aliphatic heterocycles. The number of rotatable bonds is 3. The summed E-state index contributed by atoms with van der Waals surface area (Å²) < 4.78 is 12.9. The number of benzene rings is 1. The summed E-state index contributed by atoms with van der Waals surface area (Å²) in [6, 6.07) is 4.11. The maximum absolute atomic E-state index is 12.9. The van der Waals surface area contributed by atoms with Gasteiger partial charge in [0.2, 0.25) is 5.91 Å². The molecule has 2 N–H and O–H groups in total. The molecule has 1 amide bonds.